The number of nitrogens with zero attached hydrogens (tertiary/aromatic N) is 7. The Morgan fingerprint density at radius 1 is 0.610 bits per heavy atom. The van der Waals surface area contributed by atoms with E-state index < -0.39 is 28.6 Å². The van der Waals surface area contributed by atoms with Crippen LogP contribution in [0, 0.1) is 88.0 Å². The molecule has 2 aliphatic rings. The second kappa shape index (κ2) is 9.79. The Hall–Kier alpha value is -6.28. The van der Waals surface area contributed by atoms with Gasteiger partial charge in [-0.15, -0.1) is 0 Å². The van der Waals surface area contributed by atoms with Gasteiger partial charge in [0.05, 0.1) is 22.8 Å². The quantitative estimate of drug-likeness (QED) is 0.343. The van der Waals surface area contributed by atoms with Crippen LogP contribution in [-0.2, 0) is 0 Å². The fourth-order valence-corrected chi connectivity index (χ4v) is 4.74. The number of fused-ring (bicyclic) bond motifs is 2. The molecule has 0 aromatic heterocycles. The van der Waals surface area contributed by atoms with Crippen LogP contribution in [0.25, 0.3) is 11.1 Å². The molecule has 5 rings (SSSR count). The highest BCUT2D eigenvalue weighted by molar-refractivity contribution is 6.40. The lowest BCUT2D eigenvalue weighted by atomic mass is 9.88. The van der Waals surface area contributed by atoms with Crippen LogP contribution in [-0.4, -0.2) is 11.4 Å². The highest BCUT2D eigenvalue weighted by atomic mass is 19.1. The predicted molar refractivity (Wildman–Crippen MR) is 142 cm³/mol. The van der Waals surface area contributed by atoms with Gasteiger partial charge in [-0.05, 0) is 61.4 Å². The third-order valence-corrected chi connectivity index (χ3v) is 6.84. The second-order valence-electron chi connectivity index (χ2n) is 9.08. The summed E-state index contributed by atoms with van der Waals surface area (Å²) < 4.78 is 43.7. The highest BCUT2D eigenvalue weighted by Gasteiger charge is 2.33. The van der Waals surface area contributed by atoms with Gasteiger partial charge in [0, 0.05) is 33.4 Å². The van der Waals surface area contributed by atoms with E-state index in [4.69, 9.17) is 5.26 Å². The molecular formula is C31H12F3N7. The molecule has 0 amide bonds. The minimum Gasteiger partial charge on any atom is -0.247 e. The molecular weight excluding hydrogens is 527 g/mol. The van der Waals surface area contributed by atoms with Crippen LogP contribution in [0.1, 0.15) is 38.9 Å². The fraction of sp³-hybridized carbons (Fsp3) is 0.0645. The molecule has 2 aliphatic heterocycles. The zero-order valence-electron chi connectivity index (χ0n) is 21.2. The van der Waals surface area contributed by atoms with E-state index in [0.717, 1.165) is 12.1 Å². The van der Waals surface area contributed by atoms with Gasteiger partial charge in [0.25, 0.3) is 0 Å². The topological polar surface area (TPSA) is 144 Å². The van der Waals surface area contributed by atoms with Crippen molar-refractivity contribution in [2.45, 2.75) is 13.8 Å². The molecule has 3 aromatic carbocycles. The van der Waals surface area contributed by atoms with Gasteiger partial charge in [-0.2, -0.15) is 26.3 Å². The first kappa shape index (κ1) is 26.3. The molecule has 0 N–H and O–H groups in total. The van der Waals surface area contributed by atoms with Gasteiger partial charge in [0.2, 0.25) is 0 Å². The van der Waals surface area contributed by atoms with Crippen molar-refractivity contribution in [2.75, 3.05) is 0 Å². The molecule has 2 heterocycles. The van der Waals surface area contributed by atoms with Crippen LogP contribution in [0.15, 0.2) is 57.5 Å². The zero-order chi connectivity index (χ0) is 29.6. The van der Waals surface area contributed by atoms with E-state index in [2.05, 4.69) is 9.98 Å². The summed E-state index contributed by atoms with van der Waals surface area (Å²) in [6, 6.07) is 16.3. The molecule has 0 fully saturated rings. The normalized spacial score (nSPS) is 12.6. The van der Waals surface area contributed by atoms with Crippen molar-refractivity contribution in [2.24, 2.45) is 9.98 Å². The van der Waals surface area contributed by atoms with Crippen molar-refractivity contribution in [1.82, 2.24) is 0 Å². The third-order valence-electron chi connectivity index (χ3n) is 6.84. The molecule has 0 spiro atoms. The number of hydrogen-bond acceptors (Lipinski definition) is 7. The summed E-state index contributed by atoms with van der Waals surface area (Å²) in [7, 11) is 0. The molecule has 0 aliphatic carbocycles. The molecule has 3 aromatic rings. The zero-order valence-corrected chi connectivity index (χ0v) is 21.2. The maximum Gasteiger partial charge on any atom is 0.144 e. The van der Waals surface area contributed by atoms with Gasteiger partial charge in [0.1, 0.15) is 64.5 Å². The van der Waals surface area contributed by atoms with Gasteiger partial charge >= 0.3 is 0 Å². The largest absolute Gasteiger partial charge is 0.247 e. The maximum atomic E-state index is 14.7. The Morgan fingerprint density at radius 2 is 1.05 bits per heavy atom. The van der Waals surface area contributed by atoms with Crippen LogP contribution < -0.4 is 0 Å². The lowest BCUT2D eigenvalue weighted by Crippen LogP contribution is -2.06. The average Bonchev–Trinajstić information content (AvgIpc) is 3.50. The smallest absolute Gasteiger partial charge is 0.144 e. The Balaban J connectivity index is 1.80. The van der Waals surface area contributed by atoms with Crippen molar-refractivity contribution < 1.29 is 13.2 Å². The van der Waals surface area contributed by atoms with Crippen molar-refractivity contribution in [3.8, 4) is 30.3 Å². The van der Waals surface area contributed by atoms with Gasteiger partial charge in [-0.25, -0.2) is 23.2 Å². The van der Waals surface area contributed by atoms with Crippen LogP contribution in [0.4, 0.5) is 24.5 Å². The van der Waals surface area contributed by atoms with Crippen LogP contribution >= 0.6 is 0 Å². The molecule has 0 radical (unpaired) electrons. The number of benzene rings is 3. The third kappa shape index (κ3) is 4.03. The number of allylic oxidation sites excluding steroid dienone is 4. The van der Waals surface area contributed by atoms with Gasteiger partial charge in [0.15, 0.2) is 0 Å². The van der Waals surface area contributed by atoms with Crippen LogP contribution in [0.5, 0.6) is 0 Å². The number of rotatable bonds is 2. The number of hydrogen-bond donors (Lipinski definition) is 0. The standard InChI is InChI=1S/C31H12F3N7/c1-14-3-16(4-23(32)15(14)2)30-28(18(9-35)10-36)20-7-21-27(8-26(20)40-30)41-31(29(21)19(11-37)12-38)17-5-24(33)22(13-39)25(34)6-17/h3-8H,1-2H3. The Labute approximate surface area is 231 Å². The molecule has 0 atom stereocenters. The number of aryl methyl sites for hydroxylation is 1. The van der Waals surface area contributed by atoms with E-state index in [9.17, 15) is 34.2 Å². The van der Waals surface area contributed by atoms with Gasteiger partial charge in [-0.3, -0.25) is 0 Å². The number of aliphatic imine (C=N–C) groups is 2. The average molecular weight is 539 g/mol. The molecule has 10 heteroatoms. The summed E-state index contributed by atoms with van der Waals surface area (Å²) in [6.07, 6.45) is 0. The molecule has 41 heavy (non-hydrogen) atoms. The van der Waals surface area contributed by atoms with Crippen molar-refractivity contribution in [3.05, 3.63) is 104 Å². The summed E-state index contributed by atoms with van der Waals surface area (Å²) in [4.78, 5) is 9.04. The molecule has 7 nitrogen and oxygen atoms in total. The van der Waals surface area contributed by atoms with E-state index in [1.807, 2.05) is 12.1 Å². The van der Waals surface area contributed by atoms with Gasteiger partial charge < -0.3 is 0 Å². The molecule has 0 saturated carbocycles. The van der Waals surface area contributed by atoms with Crippen molar-refractivity contribution in [1.29, 1.82) is 26.3 Å². The van der Waals surface area contributed by atoms with Crippen LogP contribution in [0.2, 0.25) is 0 Å². The highest BCUT2D eigenvalue weighted by Crippen LogP contribution is 2.48. The summed E-state index contributed by atoms with van der Waals surface area (Å²) in [5.41, 5.74) is 0.930. The summed E-state index contributed by atoms with van der Waals surface area (Å²) in [5.74, 6) is -2.79. The molecule has 192 valence electrons. The first-order valence-electron chi connectivity index (χ1n) is 11.8. The first-order valence-corrected chi connectivity index (χ1v) is 11.8. The lowest BCUT2D eigenvalue weighted by Gasteiger charge is -2.11. The van der Waals surface area contributed by atoms with Crippen LogP contribution in [0.3, 0.4) is 0 Å². The number of halogens is 3. The van der Waals surface area contributed by atoms with Gasteiger partial charge in [-0.1, -0.05) is 0 Å². The molecule has 0 unspecified atom stereocenters. The van der Waals surface area contributed by atoms with E-state index in [-0.39, 0.29) is 56.2 Å². The SMILES string of the molecule is Cc1cc(C2=Nc3cc4c(cc3C2=C(C#N)C#N)C(=C(C#N)C#N)C(c2cc(F)c(C#N)c(F)c2)=N4)cc(F)c1C. The minimum atomic E-state index is -1.15. The molecule has 0 saturated heterocycles. The van der Waals surface area contributed by atoms with E-state index in [1.54, 1.807) is 32.1 Å². The summed E-state index contributed by atoms with van der Waals surface area (Å²) in [5, 5.41) is 48.0. The number of nitriles is 5. The monoisotopic (exact) mass is 539 g/mol. The van der Waals surface area contributed by atoms with Crippen molar-refractivity contribution >= 4 is 33.9 Å². The first-order chi connectivity index (χ1) is 19.7. The maximum absolute atomic E-state index is 14.7. The lowest BCUT2D eigenvalue weighted by molar-refractivity contribution is 0.576. The summed E-state index contributed by atoms with van der Waals surface area (Å²) in [6.45, 7) is 3.33. The predicted octanol–water partition coefficient (Wildman–Crippen LogP) is 6.46. The second-order valence-corrected chi connectivity index (χ2v) is 9.08. The van der Waals surface area contributed by atoms with E-state index in [0.29, 0.717) is 16.7 Å². The summed E-state index contributed by atoms with van der Waals surface area (Å²) >= 11 is 0. The Bertz CT molecular complexity index is 2020. The van der Waals surface area contributed by atoms with Crippen molar-refractivity contribution in [3.63, 3.8) is 0 Å². The molecule has 0 bridgehead atoms. The van der Waals surface area contributed by atoms with E-state index in [1.165, 1.54) is 24.3 Å². The fourth-order valence-electron chi connectivity index (χ4n) is 4.74. The van der Waals surface area contributed by atoms with E-state index >= 15 is 0 Å². The Morgan fingerprint density at radius 3 is 1.46 bits per heavy atom. The minimum absolute atomic E-state index is 0.0307. The Kier molecular flexibility index (Phi) is 6.29.